The molecule has 0 aliphatic carbocycles. The number of alkyl halides is 4. The molecule has 0 aliphatic heterocycles. The van der Waals surface area contributed by atoms with Crippen LogP contribution in [0.4, 0.5) is 17.6 Å². The molecule has 2 heterocycles. The average Bonchev–Trinajstić information content (AvgIpc) is 3.13. The molecule has 2 rings (SSSR count). The fraction of sp³-hybridized carbons (Fsp3) is 0.500. The summed E-state index contributed by atoms with van der Waals surface area (Å²) in [6, 6.07) is 2.35. The molecule has 2 aromatic heterocycles. The maximum absolute atomic E-state index is 12.9. The summed E-state index contributed by atoms with van der Waals surface area (Å²) in [6.07, 6.45) is -4.22. The molecule has 24 heavy (non-hydrogen) atoms. The lowest BCUT2D eigenvalue weighted by molar-refractivity contribution is -0.131. The lowest BCUT2D eigenvalue weighted by Gasteiger charge is -2.16. The van der Waals surface area contributed by atoms with Crippen LogP contribution in [0, 0.1) is 0 Å². The maximum Gasteiger partial charge on any atom is 0.282 e. The van der Waals surface area contributed by atoms with Gasteiger partial charge >= 0.3 is 0 Å². The third kappa shape index (κ3) is 4.12. The summed E-state index contributed by atoms with van der Waals surface area (Å²) in [5.74, 6) is -0.535. The predicted octanol–water partition coefficient (Wildman–Crippen LogP) is 2.63. The second-order valence-electron chi connectivity index (χ2n) is 5.17. The van der Waals surface area contributed by atoms with Crippen LogP contribution in [0.5, 0.6) is 0 Å². The minimum Gasteiger partial charge on any atom is -0.338 e. The van der Waals surface area contributed by atoms with Gasteiger partial charge in [-0.3, -0.25) is 14.2 Å². The topological polar surface area (TPSA) is 56.0 Å². The Labute approximate surface area is 135 Å². The van der Waals surface area contributed by atoms with E-state index in [-0.39, 0.29) is 6.54 Å². The molecular formula is C14H17F4N5O. The van der Waals surface area contributed by atoms with Crippen molar-refractivity contribution < 1.29 is 22.4 Å². The van der Waals surface area contributed by atoms with Crippen molar-refractivity contribution in [2.75, 3.05) is 7.05 Å². The fourth-order valence-corrected chi connectivity index (χ4v) is 2.11. The third-order valence-electron chi connectivity index (χ3n) is 3.41. The Hall–Kier alpha value is -2.39. The Balaban J connectivity index is 2.07. The Morgan fingerprint density at radius 3 is 2.50 bits per heavy atom. The highest BCUT2D eigenvalue weighted by molar-refractivity contribution is 5.75. The van der Waals surface area contributed by atoms with E-state index in [4.69, 9.17) is 0 Å². The number of hydrogen-bond acceptors (Lipinski definition) is 3. The zero-order chi connectivity index (χ0) is 17.9. The molecular weight excluding hydrogens is 330 g/mol. The van der Waals surface area contributed by atoms with Gasteiger partial charge in [0.05, 0.1) is 12.2 Å². The van der Waals surface area contributed by atoms with Gasteiger partial charge in [-0.2, -0.15) is 10.2 Å². The van der Waals surface area contributed by atoms with Crippen molar-refractivity contribution in [3.05, 3.63) is 35.4 Å². The number of likely N-dealkylation sites (N-methyl/N-ethyl adjacent to an activating group) is 1. The van der Waals surface area contributed by atoms with Gasteiger partial charge < -0.3 is 4.90 Å². The van der Waals surface area contributed by atoms with E-state index in [0.29, 0.717) is 23.0 Å². The van der Waals surface area contributed by atoms with E-state index >= 15 is 0 Å². The molecule has 0 aromatic carbocycles. The second-order valence-corrected chi connectivity index (χ2v) is 5.17. The number of rotatable bonds is 7. The van der Waals surface area contributed by atoms with Gasteiger partial charge in [0.2, 0.25) is 5.91 Å². The Bertz CT molecular complexity index is 697. The van der Waals surface area contributed by atoms with Crippen LogP contribution in [-0.2, 0) is 24.4 Å². The first-order chi connectivity index (χ1) is 11.3. The van der Waals surface area contributed by atoms with Gasteiger partial charge in [0, 0.05) is 19.8 Å². The van der Waals surface area contributed by atoms with Gasteiger partial charge in [0.15, 0.2) is 0 Å². The predicted molar refractivity (Wildman–Crippen MR) is 76.5 cm³/mol. The summed E-state index contributed by atoms with van der Waals surface area (Å²) in [7, 11) is 1.48. The van der Waals surface area contributed by atoms with E-state index in [2.05, 4.69) is 10.2 Å². The number of halogens is 4. The van der Waals surface area contributed by atoms with E-state index in [1.54, 1.807) is 16.9 Å². The Kier molecular flexibility index (Phi) is 5.58. The molecule has 0 bridgehead atoms. The van der Waals surface area contributed by atoms with Crippen LogP contribution < -0.4 is 0 Å². The van der Waals surface area contributed by atoms with Crippen molar-refractivity contribution >= 4 is 5.91 Å². The molecule has 1 amide bonds. The average molecular weight is 347 g/mol. The van der Waals surface area contributed by atoms with Gasteiger partial charge in [-0.15, -0.1) is 0 Å². The number of carbonyl (C=O) groups excluding carboxylic acids is 1. The molecule has 6 nitrogen and oxygen atoms in total. The van der Waals surface area contributed by atoms with E-state index in [1.165, 1.54) is 11.9 Å². The molecule has 132 valence electrons. The molecule has 0 spiro atoms. The summed E-state index contributed by atoms with van der Waals surface area (Å²) in [5.41, 5.74) is -0.847. The SMILES string of the molecule is CCn1ccc(CN(C)C(=O)Cn2nc(C(F)F)cc2C(F)F)n1. The standard InChI is InChI=1S/C14H17F4N5O/c1-3-22-5-4-9(19-22)7-21(2)12(24)8-23-11(14(17)18)6-10(20-23)13(15)16/h4-6,13-14H,3,7-8H2,1-2H3. The van der Waals surface area contributed by atoms with Gasteiger partial charge in [-0.1, -0.05) is 0 Å². The molecule has 0 radical (unpaired) electrons. The van der Waals surface area contributed by atoms with Crippen LogP contribution in [0.25, 0.3) is 0 Å². The summed E-state index contributed by atoms with van der Waals surface area (Å²) in [6.45, 7) is 2.23. The van der Waals surface area contributed by atoms with Crippen LogP contribution in [-0.4, -0.2) is 37.4 Å². The zero-order valence-corrected chi connectivity index (χ0v) is 13.2. The number of amides is 1. The van der Waals surface area contributed by atoms with Crippen molar-refractivity contribution in [3.63, 3.8) is 0 Å². The third-order valence-corrected chi connectivity index (χ3v) is 3.41. The van der Waals surface area contributed by atoms with E-state index < -0.39 is 36.7 Å². The number of aryl methyl sites for hydroxylation is 1. The van der Waals surface area contributed by atoms with E-state index in [9.17, 15) is 22.4 Å². The quantitative estimate of drug-likeness (QED) is 0.724. The minimum absolute atomic E-state index is 0.179. The van der Waals surface area contributed by atoms with Gasteiger partial charge in [-0.25, -0.2) is 17.6 Å². The van der Waals surface area contributed by atoms with Crippen LogP contribution in [0.15, 0.2) is 18.3 Å². The number of carbonyl (C=O) groups is 1. The summed E-state index contributed by atoms with van der Waals surface area (Å²) in [5, 5.41) is 7.61. The van der Waals surface area contributed by atoms with Gasteiger partial charge in [0.1, 0.15) is 17.9 Å². The summed E-state index contributed by atoms with van der Waals surface area (Å²) in [4.78, 5) is 13.4. The van der Waals surface area contributed by atoms with E-state index in [1.807, 2.05) is 6.92 Å². The highest BCUT2D eigenvalue weighted by Crippen LogP contribution is 2.25. The Morgan fingerprint density at radius 1 is 1.25 bits per heavy atom. The largest absolute Gasteiger partial charge is 0.338 e. The molecule has 0 saturated heterocycles. The van der Waals surface area contributed by atoms with Crippen molar-refractivity contribution in [1.29, 1.82) is 0 Å². The summed E-state index contributed by atoms with van der Waals surface area (Å²) >= 11 is 0. The van der Waals surface area contributed by atoms with Gasteiger partial charge in [0.25, 0.3) is 12.9 Å². The lowest BCUT2D eigenvalue weighted by Crippen LogP contribution is -2.31. The molecule has 0 aliphatic rings. The maximum atomic E-state index is 12.9. The monoisotopic (exact) mass is 347 g/mol. The highest BCUT2D eigenvalue weighted by Gasteiger charge is 2.23. The molecule has 0 unspecified atom stereocenters. The molecule has 0 saturated carbocycles. The molecule has 0 fully saturated rings. The van der Waals surface area contributed by atoms with Crippen LogP contribution in [0.2, 0.25) is 0 Å². The van der Waals surface area contributed by atoms with Crippen molar-refractivity contribution in [3.8, 4) is 0 Å². The van der Waals surface area contributed by atoms with Gasteiger partial charge in [-0.05, 0) is 19.1 Å². The molecule has 2 aromatic rings. The summed E-state index contributed by atoms with van der Waals surface area (Å²) < 4.78 is 53.3. The van der Waals surface area contributed by atoms with Crippen molar-refractivity contribution in [1.82, 2.24) is 24.5 Å². The Morgan fingerprint density at radius 2 is 1.96 bits per heavy atom. The minimum atomic E-state index is -3.00. The van der Waals surface area contributed by atoms with Crippen LogP contribution in [0.1, 0.15) is 36.9 Å². The molecule has 10 heteroatoms. The highest BCUT2D eigenvalue weighted by atomic mass is 19.3. The van der Waals surface area contributed by atoms with E-state index in [0.717, 1.165) is 0 Å². The van der Waals surface area contributed by atoms with Crippen LogP contribution in [0.3, 0.4) is 0 Å². The number of aromatic nitrogens is 4. The first kappa shape index (κ1) is 18.0. The molecule has 0 atom stereocenters. The first-order valence-electron chi connectivity index (χ1n) is 7.22. The van der Waals surface area contributed by atoms with Crippen molar-refractivity contribution in [2.45, 2.75) is 39.4 Å². The zero-order valence-electron chi connectivity index (χ0n) is 13.2. The normalized spacial score (nSPS) is 11.5. The van der Waals surface area contributed by atoms with Crippen molar-refractivity contribution in [2.24, 2.45) is 0 Å². The lowest BCUT2D eigenvalue weighted by atomic mass is 10.3. The molecule has 0 N–H and O–H groups in total. The number of nitrogens with zero attached hydrogens (tertiary/aromatic N) is 5. The second kappa shape index (κ2) is 7.45. The number of hydrogen-bond donors (Lipinski definition) is 0. The first-order valence-corrected chi connectivity index (χ1v) is 7.22. The van der Waals surface area contributed by atoms with Crippen LogP contribution >= 0.6 is 0 Å². The smallest absolute Gasteiger partial charge is 0.282 e. The fourth-order valence-electron chi connectivity index (χ4n) is 2.11.